The summed E-state index contributed by atoms with van der Waals surface area (Å²) < 4.78 is 27.3. The smallest absolute Gasteiger partial charge is 0.168 e. The van der Waals surface area contributed by atoms with E-state index in [1.165, 1.54) is 18.4 Å². The molecule has 34 heavy (non-hydrogen) atoms. The van der Waals surface area contributed by atoms with Crippen LogP contribution < -0.4 is 10.2 Å². The molecule has 171 valence electrons. The number of pyridine rings is 3. The molecule has 1 aliphatic heterocycles. The molecule has 0 amide bonds. The maximum Gasteiger partial charge on any atom is 0.168 e. The molecule has 4 aromatic rings. The summed E-state index contributed by atoms with van der Waals surface area (Å²) in [4.78, 5) is 24.7. The van der Waals surface area contributed by atoms with Crippen LogP contribution in [0.4, 0.5) is 26.2 Å². The highest BCUT2D eigenvalue weighted by Gasteiger charge is 2.29. The first-order valence-electron chi connectivity index (χ1n) is 11.4. The summed E-state index contributed by atoms with van der Waals surface area (Å²) in [6.45, 7) is 1.78. The Balaban J connectivity index is 1.43. The highest BCUT2D eigenvalue weighted by Crippen LogP contribution is 2.45. The second kappa shape index (κ2) is 8.55. The van der Waals surface area contributed by atoms with Crippen LogP contribution in [0, 0.1) is 18.1 Å². The predicted octanol–water partition coefficient (Wildman–Crippen LogP) is 5.19. The van der Waals surface area contributed by atoms with Crippen LogP contribution in [-0.4, -0.2) is 38.0 Å². The van der Waals surface area contributed by atoms with Gasteiger partial charge in [0.1, 0.15) is 17.5 Å². The fourth-order valence-electron chi connectivity index (χ4n) is 4.37. The number of rotatable bonds is 5. The lowest BCUT2D eigenvalue weighted by Gasteiger charge is -2.29. The molecular formula is C25H22F2N7. The molecule has 0 atom stereocenters. The van der Waals surface area contributed by atoms with Crippen LogP contribution >= 0.6 is 0 Å². The van der Waals surface area contributed by atoms with Crippen molar-refractivity contribution in [3.63, 3.8) is 0 Å². The zero-order valence-corrected chi connectivity index (χ0v) is 18.4. The Morgan fingerprint density at radius 3 is 2.74 bits per heavy atom. The van der Waals surface area contributed by atoms with Crippen molar-refractivity contribution < 1.29 is 8.78 Å². The Labute approximate surface area is 195 Å². The van der Waals surface area contributed by atoms with Crippen LogP contribution in [0.2, 0.25) is 0 Å². The van der Waals surface area contributed by atoms with Gasteiger partial charge in [0.05, 0.1) is 17.9 Å². The van der Waals surface area contributed by atoms with Crippen molar-refractivity contribution >= 4 is 28.4 Å². The van der Waals surface area contributed by atoms with Gasteiger partial charge >= 0.3 is 0 Å². The van der Waals surface area contributed by atoms with E-state index in [1.54, 1.807) is 18.5 Å². The summed E-state index contributed by atoms with van der Waals surface area (Å²) in [5.74, 6) is 0.712. The molecule has 5 heterocycles. The summed E-state index contributed by atoms with van der Waals surface area (Å²) in [6.07, 6.45) is 13.1. The SMILES string of the molecule is Fc1cnc(Nc2cc(-c3nc(N4C[CH]CCC4)c4c(C5CC5)cncc4n3)ccn2)c(F)c1. The number of nitrogens with zero attached hydrogens (tertiary/aromatic N) is 6. The molecule has 1 N–H and O–H groups in total. The number of halogens is 2. The molecule has 1 saturated carbocycles. The van der Waals surface area contributed by atoms with E-state index in [4.69, 9.17) is 9.97 Å². The van der Waals surface area contributed by atoms with Gasteiger partial charge in [0.15, 0.2) is 17.5 Å². The second-order valence-corrected chi connectivity index (χ2v) is 8.68. The van der Waals surface area contributed by atoms with Crippen LogP contribution in [0.3, 0.4) is 0 Å². The molecule has 2 aliphatic rings. The molecule has 0 aromatic carbocycles. The number of hydrogen-bond donors (Lipinski definition) is 1. The Kier molecular flexibility index (Phi) is 5.24. The molecule has 9 heteroatoms. The van der Waals surface area contributed by atoms with Crippen LogP contribution in [0.5, 0.6) is 0 Å². The fraction of sp³-hybridized carbons (Fsp3) is 0.280. The van der Waals surface area contributed by atoms with Crippen LogP contribution in [0.15, 0.2) is 43.0 Å². The molecule has 6 rings (SSSR count). The number of hydrogen-bond acceptors (Lipinski definition) is 7. The third kappa shape index (κ3) is 4.02. The lowest BCUT2D eigenvalue weighted by Crippen LogP contribution is -2.31. The molecule has 1 aliphatic carbocycles. The molecule has 1 radical (unpaired) electrons. The van der Waals surface area contributed by atoms with Crippen molar-refractivity contribution in [1.82, 2.24) is 24.9 Å². The largest absolute Gasteiger partial charge is 0.356 e. The summed E-state index contributed by atoms with van der Waals surface area (Å²) in [5, 5.41) is 3.89. The summed E-state index contributed by atoms with van der Waals surface area (Å²) in [7, 11) is 0. The molecule has 2 fully saturated rings. The van der Waals surface area contributed by atoms with E-state index in [0.29, 0.717) is 17.6 Å². The van der Waals surface area contributed by atoms with Gasteiger partial charge in [-0.3, -0.25) is 4.98 Å². The van der Waals surface area contributed by atoms with E-state index >= 15 is 0 Å². The zero-order valence-electron chi connectivity index (χ0n) is 18.4. The van der Waals surface area contributed by atoms with E-state index in [2.05, 4.69) is 31.6 Å². The van der Waals surface area contributed by atoms with Gasteiger partial charge in [-0.2, -0.15) is 0 Å². The molecule has 1 saturated heterocycles. The standard InChI is InChI=1S/C25H22F2N7/c26-17-11-19(27)24(30-12-17)32-21-10-16(6-7-29-21)23-31-20-14-28-13-18(15-4-5-15)22(20)25(33-23)34-8-2-1-3-9-34/h2,6-7,10-15H,1,3-5,8-9H2,(H,29,30,32). The van der Waals surface area contributed by atoms with Crippen molar-refractivity contribution in [2.45, 2.75) is 31.6 Å². The minimum absolute atomic E-state index is 0.103. The van der Waals surface area contributed by atoms with E-state index in [9.17, 15) is 8.78 Å². The van der Waals surface area contributed by atoms with Gasteiger partial charge in [-0.1, -0.05) is 0 Å². The normalized spacial score (nSPS) is 16.1. The Morgan fingerprint density at radius 1 is 1.03 bits per heavy atom. The average Bonchev–Trinajstić information content (AvgIpc) is 3.71. The van der Waals surface area contributed by atoms with Crippen molar-refractivity contribution in [2.24, 2.45) is 0 Å². The van der Waals surface area contributed by atoms with Gasteiger partial charge in [0.2, 0.25) is 0 Å². The molecule has 0 bridgehead atoms. The highest BCUT2D eigenvalue weighted by atomic mass is 19.1. The third-order valence-electron chi connectivity index (χ3n) is 6.19. The van der Waals surface area contributed by atoms with E-state index < -0.39 is 11.6 Å². The molecule has 0 unspecified atom stereocenters. The van der Waals surface area contributed by atoms with Crippen molar-refractivity contribution in [2.75, 3.05) is 23.3 Å². The predicted molar refractivity (Wildman–Crippen MR) is 126 cm³/mol. The Bertz CT molecular complexity index is 1370. The van der Waals surface area contributed by atoms with Crippen LogP contribution in [-0.2, 0) is 0 Å². The van der Waals surface area contributed by atoms with Crippen LogP contribution in [0.25, 0.3) is 22.3 Å². The van der Waals surface area contributed by atoms with Gasteiger partial charge in [-0.15, -0.1) is 0 Å². The first kappa shape index (κ1) is 20.8. The van der Waals surface area contributed by atoms with Crippen LogP contribution in [0.1, 0.15) is 37.2 Å². The average molecular weight is 458 g/mol. The number of anilines is 3. The van der Waals surface area contributed by atoms with Crippen molar-refractivity contribution in [3.8, 4) is 11.4 Å². The molecular weight excluding hydrogens is 436 g/mol. The molecule has 0 spiro atoms. The Morgan fingerprint density at radius 2 is 1.94 bits per heavy atom. The minimum atomic E-state index is -0.795. The quantitative estimate of drug-likeness (QED) is 0.441. The van der Waals surface area contributed by atoms with E-state index in [-0.39, 0.29) is 5.82 Å². The first-order valence-corrected chi connectivity index (χ1v) is 11.4. The van der Waals surface area contributed by atoms with E-state index in [1.807, 2.05) is 12.3 Å². The number of fused-ring (bicyclic) bond motifs is 1. The maximum absolute atomic E-state index is 14.1. The number of aromatic nitrogens is 5. The lowest BCUT2D eigenvalue weighted by atomic mass is 10.1. The van der Waals surface area contributed by atoms with Gasteiger partial charge in [-0.25, -0.2) is 28.7 Å². The fourth-order valence-corrected chi connectivity index (χ4v) is 4.37. The number of piperidine rings is 1. The lowest BCUT2D eigenvalue weighted by molar-refractivity contribution is 0.576. The van der Waals surface area contributed by atoms with E-state index in [0.717, 1.165) is 60.5 Å². The minimum Gasteiger partial charge on any atom is -0.356 e. The van der Waals surface area contributed by atoms with Gasteiger partial charge in [0.25, 0.3) is 0 Å². The Hall–Kier alpha value is -3.75. The monoisotopic (exact) mass is 458 g/mol. The molecule has 7 nitrogen and oxygen atoms in total. The summed E-state index contributed by atoms with van der Waals surface area (Å²) in [5.41, 5.74) is 2.76. The van der Waals surface area contributed by atoms with Gasteiger partial charge in [-0.05, 0) is 55.7 Å². The first-order chi connectivity index (χ1) is 16.7. The van der Waals surface area contributed by atoms with Gasteiger partial charge in [0, 0.05) is 42.5 Å². The van der Waals surface area contributed by atoms with Crippen molar-refractivity contribution in [3.05, 3.63) is 66.6 Å². The van der Waals surface area contributed by atoms with Crippen molar-refractivity contribution in [1.29, 1.82) is 0 Å². The summed E-state index contributed by atoms with van der Waals surface area (Å²) >= 11 is 0. The molecule has 4 aromatic heterocycles. The highest BCUT2D eigenvalue weighted by molar-refractivity contribution is 5.94. The zero-order chi connectivity index (χ0) is 23.1. The van der Waals surface area contributed by atoms with Gasteiger partial charge < -0.3 is 10.2 Å². The summed E-state index contributed by atoms with van der Waals surface area (Å²) in [6, 6.07) is 4.32. The topological polar surface area (TPSA) is 79.7 Å². The maximum atomic E-state index is 14.1. The number of nitrogens with one attached hydrogen (secondary N) is 1. The third-order valence-corrected chi connectivity index (χ3v) is 6.19. The second-order valence-electron chi connectivity index (χ2n) is 8.68.